The second-order valence-corrected chi connectivity index (χ2v) is 12.5. The summed E-state index contributed by atoms with van der Waals surface area (Å²) < 4.78 is 29.2. The summed E-state index contributed by atoms with van der Waals surface area (Å²) in [5, 5.41) is 0.566. The van der Waals surface area contributed by atoms with Crippen LogP contribution < -0.4 is 9.21 Å². The van der Waals surface area contributed by atoms with Crippen LogP contribution in [0.5, 0.6) is 0 Å². The third kappa shape index (κ3) is 5.48. The Labute approximate surface area is 238 Å². The normalized spacial score (nSPS) is 11.6. The van der Waals surface area contributed by atoms with Gasteiger partial charge in [-0.25, -0.2) is 13.4 Å². The van der Waals surface area contributed by atoms with Gasteiger partial charge in [0, 0.05) is 18.3 Å². The Bertz CT molecular complexity index is 1720. The predicted octanol–water partition coefficient (Wildman–Crippen LogP) is 6.88. The standard InChI is InChI=1S/C31H30N4O3S2/c1-4-35(25-12-6-5-7-13-25)40(37,38)26-18-16-23(17-19-26)30(36)34(21-24-11-8-9-20-32-24)31-33-29-27(22(2)3)14-10-15-28(29)39-31/h5-20,22H,4,21H2,1-3H3. The number of hydrogen-bond acceptors (Lipinski definition) is 6. The van der Waals surface area contributed by atoms with Gasteiger partial charge in [0.25, 0.3) is 15.9 Å². The van der Waals surface area contributed by atoms with E-state index in [1.54, 1.807) is 54.4 Å². The van der Waals surface area contributed by atoms with Gasteiger partial charge >= 0.3 is 0 Å². The zero-order chi connectivity index (χ0) is 28.3. The van der Waals surface area contributed by atoms with E-state index in [1.807, 2.05) is 36.4 Å². The molecule has 7 nitrogen and oxygen atoms in total. The molecule has 2 heterocycles. The number of fused-ring (bicyclic) bond motifs is 1. The fourth-order valence-electron chi connectivity index (χ4n) is 4.56. The van der Waals surface area contributed by atoms with Crippen molar-refractivity contribution in [1.82, 2.24) is 9.97 Å². The van der Waals surface area contributed by atoms with Crippen LogP contribution in [0.25, 0.3) is 10.2 Å². The molecular weight excluding hydrogens is 541 g/mol. The molecule has 0 radical (unpaired) electrons. The van der Waals surface area contributed by atoms with Crippen molar-refractivity contribution in [3.63, 3.8) is 0 Å². The van der Waals surface area contributed by atoms with Crippen LogP contribution in [0.1, 0.15) is 48.3 Å². The molecule has 0 saturated carbocycles. The maximum absolute atomic E-state index is 13.9. The van der Waals surface area contributed by atoms with Crippen molar-refractivity contribution in [2.45, 2.75) is 38.1 Å². The van der Waals surface area contributed by atoms with Gasteiger partial charge in [-0.1, -0.05) is 61.6 Å². The van der Waals surface area contributed by atoms with Crippen molar-refractivity contribution in [3.8, 4) is 0 Å². The minimum Gasteiger partial charge on any atom is -0.278 e. The Morgan fingerprint density at radius 2 is 1.62 bits per heavy atom. The highest BCUT2D eigenvalue weighted by molar-refractivity contribution is 7.92. The van der Waals surface area contributed by atoms with Gasteiger partial charge in [0.1, 0.15) is 0 Å². The molecular formula is C31H30N4O3S2. The Hall–Kier alpha value is -4.08. The Morgan fingerprint density at radius 1 is 0.900 bits per heavy atom. The van der Waals surface area contributed by atoms with Crippen molar-refractivity contribution in [2.75, 3.05) is 15.7 Å². The molecule has 0 unspecified atom stereocenters. The number of nitrogens with zero attached hydrogens (tertiary/aromatic N) is 4. The number of pyridine rings is 1. The average Bonchev–Trinajstić information content (AvgIpc) is 3.41. The van der Waals surface area contributed by atoms with Crippen LogP contribution >= 0.6 is 11.3 Å². The predicted molar refractivity (Wildman–Crippen MR) is 162 cm³/mol. The molecule has 204 valence electrons. The van der Waals surface area contributed by atoms with E-state index in [0.717, 1.165) is 21.5 Å². The second-order valence-electron chi connectivity index (χ2n) is 9.59. The number of rotatable bonds is 9. The Morgan fingerprint density at radius 3 is 2.27 bits per heavy atom. The summed E-state index contributed by atoms with van der Waals surface area (Å²) in [6, 6.07) is 26.7. The molecule has 3 aromatic carbocycles. The van der Waals surface area contributed by atoms with Gasteiger partial charge in [0.05, 0.1) is 33.0 Å². The summed E-state index contributed by atoms with van der Waals surface area (Å²) in [6.45, 7) is 6.55. The number of carbonyl (C=O) groups excluding carboxylic acids is 1. The molecule has 0 aliphatic rings. The van der Waals surface area contributed by atoms with Crippen molar-refractivity contribution in [1.29, 1.82) is 0 Å². The molecule has 5 rings (SSSR count). The van der Waals surface area contributed by atoms with E-state index in [4.69, 9.17) is 4.98 Å². The third-order valence-corrected chi connectivity index (χ3v) is 9.56. The fourth-order valence-corrected chi connectivity index (χ4v) is 7.03. The minimum absolute atomic E-state index is 0.118. The minimum atomic E-state index is -3.81. The maximum Gasteiger partial charge on any atom is 0.264 e. The molecule has 0 N–H and O–H groups in total. The first-order valence-corrected chi connectivity index (χ1v) is 15.3. The second kappa shape index (κ2) is 11.6. The maximum atomic E-state index is 13.9. The lowest BCUT2D eigenvalue weighted by molar-refractivity contribution is 0.0984. The smallest absolute Gasteiger partial charge is 0.264 e. The highest BCUT2D eigenvalue weighted by atomic mass is 32.2. The van der Waals surface area contributed by atoms with Crippen LogP contribution in [0, 0.1) is 0 Å². The van der Waals surface area contributed by atoms with Gasteiger partial charge in [0.2, 0.25) is 0 Å². The number of hydrogen-bond donors (Lipinski definition) is 0. The number of aromatic nitrogens is 2. The number of sulfonamides is 1. The Balaban J connectivity index is 1.50. The van der Waals surface area contributed by atoms with Crippen molar-refractivity contribution >= 4 is 48.3 Å². The third-order valence-electron chi connectivity index (χ3n) is 6.60. The van der Waals surface area contributed by atoms with Gasteiger partial charge in [0.15, 0.2) is 5.13 Å². The molecule has 0 fully saturated rings. The highest BCUT2D eigenvalue weighted by Crippen LogP contribution is 2.35. The highest BCUT2D eigenvalue weighted by Gasteiger charge is 2.26. The lowest BCUT2D eigenvalue weighted by atomic mass is 10.0. The summed E-state index contributed by atoms with van der Waals surface area (Å²) >= 11 is 1.45. The van der Waals surface area contributed by atoms with E-state index in [2.05, 4.69) is 24.9 Å². The number of carbonyl (C=O) groups is 1. The van der Waals surface area contributed by atoms with E-state index in [1.165, 1.54) is 27.8 Å². The molecule has 0 saturated heterocycles. The molecule has 0 atom stereocenters. The van der Waals surface area contributed by atoms with Crippen LogP contribution in [0.4, 0.5) is 10.8 Å². The molecule has 0 bridgehead atoms. The fraction of sp³-hybridized carbons (Fsp3) is 0.194. The number of thiazole rings is 1. The first-order valence-electron chi connectivity index (χ1n) is 13.1. The number of amides is 1. The van der Waals surface area contributed by atoms with Gasteiger partial charge < -0.3 is 0 Å². The van der Waals surface area contributed by atoms with E-state index in [0.29, 0.717) is 16.4 Å². The van der Waals surface area contributed by atoms with Crippen LogP contribution in [0.15, 0.2) is 102 Å². The molecule has 1 amide bonds. The van der Waals surface area contributed by atoms with Gasteiger partial charge in [-0.2, -0.15) is 0 Å². The van der Waals surface area contributed by atoms with Crippen LogP contribution in [-0.4, -0.2) is 30.8 Å². The molecule has 5 aromatic rings. The molecule has 0 aliphatic carbocycles. The van der Waals surface area contributed by atoms with Crippen molar-refractivity contribution in [3.05, 3.63) is 114 Å². The topological polar surface area (TPSA) is 83.5 Å². The Kier molecular flexibility index (Phi) is 7.95. The summed E-state index contributed by atoms with van der Waals surface area (Å²) in [4.78, 5) is 25.0. The molecule has 0 aliphatic heterocycles. The molecule has 40 heavy (non-hydrogen) atoms. The van der Waals surface area contributed by atoms with E-state index in [9.17, 15) is 13.2 Å². The number of anilines is 2. The van der Waals surface area contributed by atoms with Gasteiger partial charge in [-0.05, 0) is 73.0 Å². The number of para-hydroxylation sites is 2. The summed E-state index contributed by atoms with van der Waals surface area (Å²) in [6.07, 6.45) is 1.69. The summed E-state index contributed by atoms with van der Waals surface area (Å²) in [5.74, 6) is 0.00168. The molecule has 0 spiro atoms. The zero-order valence-electron chi connectivity index (χ0n) is 22.6. The van der Waals surface area contributed by atoms with Gasteiger partial charge in [-0.15, -0.1) is 0 Å². The molecule has 2 aromatic heterocycles. The monoisotopic (exact) mass is 570 g/mol. The quantitative estimate of drug-likeness (QED) is 0.193. The van der Waals surface area contributed by atoms with E-state index >= 15 is 0 Å². The zero-order valence-corrected chi connectivity index (χ0v) is 24.2. The first kappa shape index (κ1) is 27.5. The largest absolute Gasteiger partial charge is 0.278 e. The molecule has 9 heteroatoms. The average molecular weight is 571 g/mol. The lowest BCUT2D eigenvalue weighted by Crippen LogP contribution is -2.32. The van der Waals surface area contributed by atoms with Crippen LogP contribution in [0.3, 0.4) is 0 Å². The SMILES string of the molecule is CCN(c1ccccc1)S(=O)(=O)c1ccc(C(=O)N(Cc2ccccn2)c2nc3c(C(C)C)cccc3s2)cc1. The van der Waals surface area contributed by atoms with Gasteiger partial charge in [-0.3, -0.25) is 19.0 Å². The van der Waals surface area contributed by atoms with Crippen LogP contribution in [0.2, 0.25) is 0 Å². The van der Waals surface area contributed by atoms with Crippen molar-refractivity contribution < 1.29 is 13.2 Å². The summed E-state index contributed by atoms with van der Waals surface area (Å²) in [5.41, 5.74) is 3.68. The summed E-state index contributed by atoms with van der Waals surface area (Å²) in [7, 11) is -3.81. The first-order chi connectivity index (χ1) is 19.3. The lowest BCUT2D eigenvalue weighted by Gasteiger charge is -2.23. The van der Waals surface area contributed by atoms with E-state index < -0.39 is 10.0 Å². The van der Waals surface area contributed by atoms with E-state index in [-0.39, 0.29) is 29.8 Å². The van der Waals surface area contributed by atoms with Crippen molar-refractivity contribution in [2.24, 2.45) is 0 Å². The number of benzene rings is 3. The van der Waals surface area contributed by atoms with Crippen LogP contribution in [-0.2, 0) is 16.6 Å².